The predicted molar refractivity (Wildman–Crippen MR) is 62.4 cm³/mol. The van der Waals surface area contributed by atoms with Crippen LogP contribution >= 0.6 is 0 Å². The number of halogens is 1. The summed E-state index contributed by atoms with van der Waals surface area (Å²) in [5.74, 6) is 0. The molecule has 0 unspecified atom stereocenters. The Hall–Kier alpha value is -1.58. The first kappa shape index (κ1) is 11.5. The molecule has 0 saturated carbocycles. The molecule has 0 fully saturated rings. The number of nitrogen functional groups attached to an aromatic ring is 1. The third kappa shape index (κ3) is 3.58. The molecule has 0 aliphatic carbocycles. The van der Waals surface area contributed by atoms with E-state index in [2.05, 4.69) is 5.32 Å². The molecule has 0 spiro atoms. The Kier molecular flexibility index (Phi) is 4.60. The van der Waals surface area contributed by atoms with Gasteiger partial charge in [-0.2, -0.15) is 0 Å². The Morgan fingerprint density at radius 1 is 1.40 bits per heavy atom. The average Bonchev–Trinajstić information content (AvgIpc) is 2.25. The van der Waals surface area contributed by atoms with E-state index in [-0.39, 0.29) is 6.67 Å². The van der Waals surface area contributed by atoms with Crippen molar-refractivity contribution in [1.82, 2.24) is 0 Å². The summed E-state index contributed by atoms with van der Waals surface area (Å²) in [4.78, 5) is 0. The highest BCUT2D eigenvalue weighted by atomic mass is 19.1. The van der Waals surface area contributed by atoms with Gasteiger partial charge in [-0.05, 0) is 31.0 Å². The van der Waals surface area contributed by atoms with E-state index in [0.717, 1.165) is 17.7 Å². The zero-order valence-electron chi connectivity index (χ0n) is 8.59. The van der Waals surface area contributed by atoms with Crippen LogP contribution in [0.3, 0.4) is 0 Å². The topological polar surface area (TPSA) is 61.9 Å². The fourth-order valence-electron chi connectivity index (χ4n) is 1.30. The summed E-state index contributed by atoms with van der Waals surface area (Å²) in [6, 6.07) is 5.34. The number of hydrogen-bond donors (Lipinski definition) is 3. The van der Waals surface area contributed by atoms with Crippen molar-refractivity contribution in [2.75, 3.05) is 24.3 Å². The van der Waals surface area contributed by atoms with E-state index >= 15 is 0 Å². The summed E-state index contributed by atoms with van der Waals surface area (Å²) in [6.07, 6.45) is 2.62. The lowest BCUT2D eigenvalue weighted by Gasteiger charge is -2.09. The summed E-state index contributed by atoms with van der Waals surface area (Å²) >= 11 is 0. The number of unbranched alkanes of at least 4 members (excludes halogenated alkanes) is 1. The molecule has 0 heterocycles. The zero-order valence-corrected chi connectivity index (χ0v) is 8.59. The first-order valence-electron chi connectivity index (χ1n) is 4.97. The molecule has 15 heavy (non-hydrogen) atoms. The molecule has 1 rings (SSSR count). The van der Waals surface area contributed by atoms with Gasteiger partial charge in [-0.25, -0.2) is 0 Å². The minimum Gasteiger partial charge on any atom is -0.399 e. The number of nitrogens with one attached hydrogen (secondary N) is 2. The highest BCUT2D eigenvalue weighted by Crippen LogP contribution is 2.17. The number of alkyl halides is 1. The minimum absolute atomic E-state index is 0.282. The molecular weight excluding hydrogens is 193 g/mol. The fraction of sp³-hybridized carbons (Fsp3) is 0.364. The van der Waals surface area contributed by atoms with Crippen LogP contribution in [0.4, 0.5) is 15.8 Å². The number of rotatable bonds is 6. The van der Waals surface area contributed by atoms with Crippen molar-refractivity contribution in [3.8, 4) is 0 Å². The summed E-state index contributed by atoms with van der Waals surface area (Å²) in [7, 11) is 0. The Morgan fingerprint density at radius 3 is 2.87 bits per heavy atom. The number of nitrogens with two attached hydrogens (primary N) is 1. The number of benzene rings is 1. The maximum Gasteiger partial charge on any atom is 0.0895 e. The lowest BCUT2D eigenvalue weighted by atomic mass is 10.1. The smallest absolute Gasteiger partial charge is 0.0895 e. The van der Waals surface area contributed by atoms with Crippen LogP contribution in [0.2, 0.25) is 0 Å². The van der Waals surface area contributed by atoms with Crippen LogP contribution in [0.5, 0.6) is 0 Å². The zero-order chi connectivity index (χ0) is 11.1. The van der Waals surface area contributed by atoms with Gasteiger partial charge in [-0.15, -0.1) is 0 Å². The molecule has 0 aliphatic rings. The first-order chi connectivity index (χ1) is 7.27. The molecule has 0 aromatic heterocycles. The summed E-state index contributed by atoms with van der Waals surface area (Å²) in [5.41, 5.74) is 7.93. The molecule has 0 radical (unpaired) electrons. The van der Waals surface area contributed by atoms with Crippen molar-refractivity contribution in [2.45, 2.75) is 12.8 Å². The molecule has 82 valence electrons. The van der Waals surface area contributed by atoms with Crippen LogP contribution in [0.1, 0.15) is 18.4 Å². The Balaban J connectivity index is 2.58. The van der Waals surface area contributed by atoms with E-state index in [9.17, 15) is 4.39 Å². The molecular formula is C11H16FN3. The van der Waals surface area contributed by atoms with Crippen LogP contribution in [-0.4, -0.2) is 19.4 Å². The first-order valence-corrected chi connectivity index (χ1v) is 4.97. The van der Waals surface area contributed by atoms with Gasteiger partial charge >= 0.3 is 0 Å². The molecule has 0 atom stereocenters. The van der Waals surface area contributed by atoms with Crippen molar-refractivity contribution >= 4 is 17.6 Å². The summed E-state index contributed by atoms with van der Waals surface area (Å²) in [5, 5.41) is 10.3. The van der Waals surface area contributed by atoms with E-state index < -0.39 is 0 Å². The van der Waals surface area contributed by atoms with Crippen molar-refractivity contribution in [1.29, 1.82) is 5.41 Å². The van der Waals surface area contributed by atoms with Crippen molar-refractivity contribution < 1.29 is 4.39 Å². The van der Waals surface area contributed by atoms with Gasteiger partial charge in [-0.1, -0.05) is 0 Å². The standard InChI is InChI=1S/C11H16FN3/c12-5-1-2-6-15-11-7-10(14)4-3-9(11)8-13/h3-4,7-8,13,15H,1-2,5-6,14H2. The molecule has 4 heteroatoms. The Labute approximate surface area is 89.0 Å². The maximum atomic E-state index is 11.8. The molecule has 0 bridgehead atoms. The normalized spacial score (nSPS) is 9.93. The van der Waals surface area contributed by atoms with Gasteiger partial charge in [0, 0.05) is 29.7 Å². The highest BCUT2D eigenvalue weighted by Gasteiger charge is 1.99. The third-order valence-corrected chi connectivity index (χ3v) is 2.11. The molecule has 0 saturated heterocycles. The van der Waals surface area contributed by atoms with E-state index in [1.165, 1.54) is 6.21 Å². The van der Waals surface area contributed by atoms with Gasteiger partial charge in [0.25, 0.3) is 0 Å². The second-order valence-electron chi connectivity index (χ2n) is 3.31. The van der Waals surface area contributed by atoms with Gasteiger partial charge in [0.15, 0.2) is 0 Å². The van der Waals surface area contributed by atoms with E-state index in [1.807, 2.05) is 0 Å². The molecule has 0 amide bonds. The van der Waals surface area contributed by atoms with Crippen LogP contribution in [0.15, 0.2) is 18.2 Å². The van der Waals surface area contributed by atoms with Gasteiger partial charge in [0.05, 0.1) is 6.67 Å². The Morgan fingerprint density at radius 2 is 2.20 bits per heavy atom. The van der Waals surface area contributed by atoms with Crippen molar-refractivity contribution in [2.24, 2.45) is 0 Å². The van der Waals surface area contributed by atoms with Gasteiger partial charge in [0.1, 0.15) is 0 Å². The lowest BCUT2D eigenvalue weighted by molar-refractivity contribution is 0.466. The second kappa shape index (κ2) is 6.01. The predicted octanol–water partition coefficient (Wildman–Crippen LogP) is 2.43. The SMILES string of the molecule is N=Cc1ccc(N)cc1NCCCCF. The maximum absolute atomic E-state index is 11.8. The highest BCUT2D eigenvalue weighted by molar-refractivity contribution is 5.87. The third-order valence-electron chi connectivity index (χ3n) is 2.11. The second-order valence-corrected chi connectivity index (χ2v) is 3.31. The largest absolute Gasteiger partial charge is 0.399 e. The van der Waals surface area contributed by atoms with Crippen molar-refractivity contribution in [3.05, 3.63) is 23.8 Å². The van der Waals surface area contributed by atoms with E-state index in [1.54, 1.807) is 18.2 Å². The molecule has 4 N–H and O–H groups in total. The van der Waals surface area contributed by atoms with Gasteiger partial charge in [-0.3, -0.25) is 4.39 Å². The van der Waals surface area contributed by atoms with E-state index in [4.69, 9.17) is 11.1 Å². The Bertz CT molecular complexity index is 326. The number of anilines is 2. The number of hydrogen-bond acceptors (Lipinski definition) is 3. The van der Waals surface area contributed by atoms with Crippen LogP contribution in [-0.2, 0) is 0 Å². The van der Waals surface area contributed by atoms with Crippen LogP contribution < -0.4 is 11.1 Å². The van der Waals surface area contributed by atoms with Crippen LogP contribution in [0, 0.1) is 5.41 Å². The fourth-order valence-corrected chi connectivity index (χ4v) is 1.30. The average molecular weight is 209 g/mol. The van der Waals surface area contributed by atoms with Gasteiger partial charge in [0.2, 0.25) is 0 Å². The summed E-state index contributed by atoms with van der Waals surface area (Å²) < 4.78 is 11.8. The summed E-state index contributed by atoms with van der Waals surface area (Å²) in [6.45, 7) is 0.421. The lowest BCUT2D eigenvalue weighted by Crippen LogP contribution is -2.05. The van der Waals surface area contributed by atoms with Crippen molar-refractivity contribution in [3.63, 3.8) is 0 Å². The molecule has 1 aromatic carbocycles. The molecule has 3 nitrogen and oxygen atoms in total. The molecule has 0 aliphatic heterocycles. The monoisotopic (exact) mass is 209 g/mol. The molecule has 1 aromatic rings. The van der Waals surface area contributed by atoms with E-state index in [0.29, 0.717) is 18.7 Å². The van der Waals surface area contributed by atoms with Gasteiger partial charge < -0.3 is 16.5 Å². The van der Waals surface area contributed by atoms with Crippen LogP contribution in [0.25, 0.3) is 0 Å². The quantitative estimate of drug-likeness (QED) is 0.383. The minimum atomic E-state index is -0.282.